The second kappa shape index (κ2) is 5.93. The van der Waals surface area contributed by atoms with Crippen LogP contribution >= 0.6 is 0 Å². The van der Waals surface area contributed by atoms with E-state index in [1.54, 1.807) is 6.07 Å². The van der Waals surface area contributed by atoms with Gasteiger partial charge in [-0.2, -0.15) is 0 Å². The minimum Gasteiger partial charge on any atom is -0.486 e. The number of hydrogen-bond donors (Lipinski definition) is 2. The SMILES string of the molecule is Cc1cc2c(cc1C(=O)N1C[C@H]3C[C@H](O)[C@@H](O)C[C@H]3C1)OCCO2. The van der Waals surface area contributed by atoms with Gasteiger partial charge in [0.2, 0.25) is 0 Å². The molecule has 1 amide bonds. The highest BCUT2D eigenvalue weighted by atomic mass is 16.6. The normalized spacial score (nSPS) is 31.7. The summed E-state index contributed by atoms with van der Waals surface area (Å²) in [5.41, 5.74) is 1.51. The van der Waals surface area contributed by atoms with E-state index in [0.29, 0.717) is 56.2 Å². The Morgan fingerprint density at radius 1 is 1.04 bits per heavy atom. The molecule has 1 saturated heterocycles. The van der Waals surface area contributed by atoms with Crippen LogP contribution in [0.3, 0.4) is 0 Å². The van der Waals surface area contributed by atoms with Crippen LogP contribution in [-0.2, 0) is 0 Å². The van der Waals surface area contributed by atoms with Crippen LogP contribution in [0.2, 0.25) is 0 Å². The van der Waals surface area contributed by atoms with Crippen LogP contribution in [0.25, 0.3) is 0 Å². The Morgan fingerprint density at radius 2 is 1.58 bits per heavy atom. The molecule has 6 heteroatoms. The maximum atomic E-state index is 13.0. The molecule has 4 atom stereocenters. The number of carbonyl (C=O) groups excluding carboxylic acids is 1. The van der Waals surface area contributed by atoms with E-state index in [1.807, 2.05) is 17.9 Å². The third-order valence-corrected chi connectivity index (χ3v) is 5.52. The van der Waals surface area contributed by atoms with Crippen molar-refractivity contribution in [3.63, 3.8) is 0 Å². The highest BCUT2D eigenvalue weighted by Crippen LogP contribution is 2.38. The topological polar surface area (TPSA) is 79.2 Å². The molecule has 3 aliphatic rings. The van der Waals surface area contributed by atoms with Crippen LogP contribution in [0.1, 0.15) is 28.8 Å². The van der Waals surface area contributed by atoms with Crippen LogP contribution < -0.4 is 9.47 Å². The Morgan fingerprint density at radius 3 is 2.17 bits per heavy atom. The van der Waals surface area contributed by atoms with Crippen molar-refractivity contribution in [1.82, 2.24) is 4.90 Å². The van der Waals surface area contributed by atoms with Crippen LogP contribution in [-0.4, -0.2) is 59.5 Å². The number of amides is 1. The third-order valence-electron chi connectivity index (χ3n) is 5.52. The standard InChI is InChI=1S/C18H23NO5/c1-10-4-16-17(24-3-2-23-16)7-13(10)18(22)19-8-11-5-14(20)15(21)6-12(11)9-19/h4,7,11-12,14-15,20-21H,2-3,5-6,8-9H2,1H3/t11-,12+,14-,15-/m0/s1. The Bertz CT molecular complexity index is 643. The maximum Gasteiger partial charge on any atom is 0.254 e. The Hall–Kier alpha value is -1.79. The second-order valence-corrected chi connectivity index (χ2v) is 7.15. The molecule has 0 unspecified atom stereocenters. The molecule has 2 heterocycles. The number of aliphatic hydroxyl groups excluding tert-OH is 2. The van der Waals surface area contributed by atoms with Gasteiger partial charge in [-0.1, -0.05) is 0 Å². The number of benzene rings is 1. The van der Waals surface area contributed by atoms with E-state index in [9.17, 15) is 15.0 Å². The zero-order valence-corrected chi connectivity index (χ0v) is 13.8. The fourth-order valence-electron chi connectivity index (χ4n) is 4.16. The molecule has 2 fully saturated rings. The van der Waals surface area contributed by atoms with Crippen LogP contribution in [0.4, 0.5) is 0 Å². The van der Waals surface area contributed by atoms with Crippen molar-refractivity contribution < 1.29 is 24.5 Å². The summed E-state index contributed by atoms with van der Waals surface area (Å²) in [6, 6.07) is 3.64. The van der Waals surface area contributed by atoms with Gasteiger partial charge in [-0.3, -0.25) is 4.79 Å². The summed E-state index contributed by atoms with van der Waals surface area (Å²) >= 11 is 0. The van der Waals surface area contributed by atoms with Crippen molar-refractivity contribution in [2.24, 2.45) is 11.8 Å². The molecule has 1 saturated carbocycles. The number of carbonyl (C=O) groups is 1. The fourth-order valence-corrected chi connectivity index (χ4v) is 4.16. The van der Waals surface area contributed by atoms with Gasteiger partial charge in [0.15, 0.2) is 11.5 Å². The molecule has 1 aromatic carbocycles. The summed E-state index contributed by atoms with van der Waals surface area (Å²) < 4.78 is 11.2. The Balaban J connectivity index is 1.54. The highest BCUT2D eigenvalue weighted by molar-refractivity contribution is 5.96. The van der Waals surface area contributed by atoms with E-state index in [0.717, 1.165) is 5.56 Å². The molecule has 4 rings (SSSR count). The number of hydrogen-bond acceptors (Lipinski definition) is 5. The van der Waals surface area contributed by atoms with Gasteiger partial charge in [-0.25, -0.2) is 0 Å². The van der Waals surface area contributed by atoms with Gasteiger partial charge in [0.25, 0.3) is 5.91 Å². The van der Waals surface area contributed by atoms with Gasteiger partial charge >= 0.3 is 0 Å². The van der Waals surface area contributed by atoms with Crippen LogP contribution in [0.15, 0.2) is 12.1 Å². The number of likely N-dealkylation sites (tertiary alicyclic amines) is 1. The lowest BCUT2D eigenvalue weighted by Gasteiger charge is -2.31. The molecule has 1 aromatic rings. The maximum absolute atomic E-state index is 13.0. The summed E-state index contributed by atoms with van der Waals surface area (Å²) in [6.07, 6.45) is -0.208. The van der Waals surface area contributed by atoms with E-state index in [1.165, 1.54) is 0 Å². The molecule has 130 valence electrons. The summed E-state index contributed by atoms with van der Waals surface area (Å²) in [7, 11) is 0. The van der Waals surface area contributed by atoms with Gasteiger partial charge in [0.1, 0.15) is 13.2 Å². The average molecular weight is 333 g/mol. The molecule has 0 spiro atoms. The van der Waals surface area contributed by atoms with Crippen molar-refractivity contribution in [3.05, 3.63) is 23.3 Å². The van der Waals surface area contributed by atoms with Crippen molar-refractivity contribution in [1.29, 1.82) is 0 Å². The number of aryl methyl sites for hydroxylation is 1. The first-order valence-electron chi connectivity index (χ1n) is 8.58. The third kappa shape index (κ3) is 2.63. The van der Waals surface area contributed by atoms with Gasteiger partial charge in [-0.15, -0.1) is 0 Å². The molecule has 0 radical (unpaired) electrons. The molecule has 0 bridgehead atoms. The zero-order valence-electron chi connectivity index (χ0n) is 13.8. The first-order valence-corrected chi connectivity index (χ1v) is 8.58. The Kier molecular flexibility index (Phi) is 3.89. The average Bonchev–Trinajstić information content (AvgIpc) is 2.96. The summed E-state index contributed by atoms with van der Waals surface area (Å²) in [4.78, 5) is 14.8. The first-order chi connectivity index (χ1) is 11.5. The van der Waals surface area contributed by atoms with Gasteiger partial charge in [0, 0.05) is 18.7 Å². The van der Waals surface area contributed by atoms with E-state index in [2.05, 4.69) is 0 Å². The fraction of sp³-hybridized carbons (Fsp3) is 0.611. The van der Waals surface area contributed by atoms with Gasteiger partial charge in [-0.05, 0) is 49.3 Å². The largest absolute Gasteiger partial charge is 0.486 e. The molecule has 2 aliphatic heterocycles. The molecule has 6 nitrogen and oxygen atoms in total. The number of rotatable bonds is 1. The molecule has 2 N–H and O–H groups in total. The smallest absolute Gasteiger partial charge is 0.254 e. The van der Waals surface area contributed by atoms with E-state index >= 15 is 0 Å². The number of nitrogens with zero attached hydrogens (tertiary/aromatic N) is 1. The molecule has 1 aliphatic carbocycles. The minimum atomic E-state index is -0.669. The summed E-state index contributed by atoms with van der Waals surface area (Å²) in [5.74, 6) is 1.84. The molecular formula is C18H23NO5. The number of fused-ring (bicyclic) bond motifs is 2. The predicted octanol–water partition coefficient (Wildman–Crippen LogP) is 0.970. The lowest BCUT2D eigenvalue weighted by Crippen LogP contribution is -2.38. The van der Waals surface area contributed by atoms with Crippen molar-refractivity contribution in [3.8, 4) is 11.5 Å². The van der Waals surface area contributed by atoms with Gasteiger partial charge in [0.05, 0.1) is 12.2 Å². The van der Waals surface area contributed by atoms with Crippen LogP contribution in [0, 0.1) is 18.8 Å². The number of aliphatic hydroxyl groups is 2. The lowest BCUT2D eigenvalue weighted by atomic mass is 9.79. The quantitative estimate of drug-likeness (QED) is 0.801. The van der Waals surface area contributed by atoms with E-state index in [-0.39, 0.29) is 17.7 Å². The van der Waals surface area contributed by atoms with Crippen molar-refractivity contribution in [2.45, 2.75) is 32.0 Å². The van der Waals surface area contributed by atoms with E-state index < -0.39 is 12.2 Å². The minimum absolute atomic E-state index is 0.0112. The Labute approximate surface area is 141 Å². The second-order valence-electron chi connectivity index (χ2n) is 7.15. The molecule has 24 heavy (non-hydrogen) atoms. The number of ether oxygens (including phenoxy) is 2. The van der Waals surface area contributed by atoms with E-state index in [4.69, 9.17) is 9.47 Å². The predicted molar refractivity (Wildman–Crippen MR) is 86.3 cm³/mol. The monoisotopic (exact) mass is 333 g/mol. The highest BCUT2D eigenvalue weighted by Gasteiger charge is 2.42. The zero-order chi connectivity index (χ0) is 16.8. The van der Waals surface area contributed by atoms with Gasteiger partial charge < -0.3 is 24.6 Å². The molecular weight excluding hydrogens is 310 g/mol. The first kappa shape index (κ1) is 15.7. The van der Waals surface area contributed by atoms with Crippen LogP contribution in [0.5, 0.6) is 11.5 Å². The lowest BCUT2D eigenvalue weighted by molar-refractivity contribution is -0.0372. The van der Waals surface area contributed by atoms with Crippen molar-refractivity contribution >= 4 is 5.91 Å². The summed E-state index contributed by atoms with van der Waals surface area (Å²) in [6.45, 7) is 4.21. The molecule has 0 aromatic heterocycles. The summed E-state index contributed by atoms with van der Waals surface area (Å²) in [5, 5.41) is 19.7. The van der Waals surface area contributed by atoms with Crippen molar-refractivity contribution in [2.75, 3.05) is 26.3 Å².